The van der Waals surface area contributed by atoms with E-state index in [1.165, 1.54) is 19.2 Å². The normalized spacial score (nSPS) is 13.9. The lowest BCUT2D eigenvalue weighted by molar-refractivity contribution is -0.154. The number of halogens is 5. The molecule has 1 unspecified atom stereocenters. The van der Waals surface area contributed by atoms with Crippen LogP contribution in [0.4, 0.5) is 17.6 Å². The van der Waals surface area contributed by atoms with Gasteiger partial charge in [-0.05, 0) is 37.2 Å². The molecular weight excluding hydrogens is 246 g/mol. The van der Waals surface area contributed by atoms with Gasteiger partial charge < -0.3 is 5.32 Å². The van der Waals surface area contributed by atoms with Crippen LogP contribution in [0.15, 0.2) is 18.2 Å². The van der Waals surface area contributed by atoms with Crippen LogP contribution in [0, 0.1) is 5.82 Å². The van der Waals surface area contributed by atoms with Crippen molar-refractivity contribution in [3.05, 3.63) is 34.6 Å². The molecule has 1 nitrogen and oxygen atoms in total. The van der Waals surface area contributed by atoms with Crippen molar-refractivity contribution in [3.8, 4) is 0 Å². The summed E-state index contributed by atoms with van der Waals surface area (Å²) in [5.74, 6) is -0.686. The summed E-state index contributed by atoms with van der Waals surface area (Å²) in [6.45, 7) is 0. The maximum atomic E-state index is 13.2. The Kier molecular flexibility index (Phi) is 4.15. The molecule has 0 aromatic heterocycles. The molecule has 0 aliphatic heterocycles. The molecule has 90 valence electrons. The third-order valence-electron chi connectivity index (χ3n) is 2.18. The van der Waals surface area contributed by atoms with Crippen molar-refractivity contribution in [2.75, 3.05) is 7.05 Å². The molecule has 0 fully saturated rings. The summed E-state index contributed by atoms with van der Waals surface area (Å²) in [7, 11) is 1.18. The highest BCUT2D eigenvalue weighted by molar-refractivity contribution is 6.30. The minimum atomic E-state index is -4.41. The van der Waals surface area contributed by atoms with Crippen LogP contribution in [0.5, 0.6) is 0 Å². The highest BCUT2D eigenvalue weighted by atomic mass is 35.5. The fourth-order valence-corrected chi connectivity index (χ4v) is 1.50. The highest BCUT2D eigenvalue weighted by Crippen LogP contribution is 2.25. The molecule has 0 radical (unpaired) electrons. The van der Waals surface area contributed by atoms with E-state index in [0.717, 1.165) is 6.07 Å². The molecule has 16 heavy (non-hydrogen) atoms. The zero-order valence-electron chi connectivity index (χ0n) is 8.41. The molecule has 0 saturated heterocycles. The van der Waals surface area contributed by atoms with Crippen LogP contribution in [0.1, 0.15) is 5.56 Å². The SMILES string of the molecule is CNC(Cc1cc(Cl)ccc1F)C(F)(F)F. The minimum absolute atomic E-state index is 0.0517. The van der Waals surface area contributed by atoms with Gasteiger partial charge in [-0.3, -0.25) is 0 Å². The molecule has 0 amide bonds. The van der Waals surface area contributed by atoms with Crippen molar-refractivity contribution in [2.45, 2.75) is 18.6 Å². The van der Waals surface area contributed by atoms with Crippen molar-refractivity contribution >= 4 is 11.6 Å². The lowest BCUT2D eigenvalue weighted by atomic mass is 10.1. The molecule has 0 aliphatic carbocycles. The van der Waals surface area contributed by atoms with Gasteiger partial charge in [-0.15, -0.1) is 0 Å². The number of likely N-dealkylation sites (N-methyl/N-ethyl adjacent to an activating group) is 1. The fraction of sp³-hybridized carbons (Fsp3) is 0.400. The minimum Gasteiger partial charge on any atom is -0.309 e. The summed E-state index contributed by atoms with van der Waals surface area (Å²) in [5, 5.41) is 2.32. The van der Waals surface area contributed by atoms with E-state index in [1.807, 2.05) is 0 Å². The van der Waals surface area contributed by atoms with E-state index >= 15 is 0 Å². The quantitative estimate of drug-likeness (QED) is 0.818. The van der Waals surface area contributed by atoms with Crippen LogP contribution in [0.2, 0.25) is 5.02 Å². The monoisotopic (exact) mass is 255 g/mol. The van der Waals surface area contributed by atoms with Gasteiger partial charge in [0.1, 0.15) is 11.9 Å². The summed E-state index contributed by atoms with van der Waals surface area (Å²) in [6.07, 6.45) is -4.89. The van der Waals surface area contributed by atoms with Gasteiger partial charge in [-0.1, -0.05) is 11.6 Å². The molecule has 1 atom stereocenters. The van der Waals surface area contributed by atoms with Gasteiger partial charge in [-0.25, -0.2) is 4.39 Å². The van der Waals surface area contributed by atoms with Crippen LogP contribution in [0.3, 0.4) is 0 Å². The maximum Gasteiger partial charge on any atom is 0.404 e. The first-order valence-electron chi connectivity index (χ1n) is 4.52. The Morgan fingerprint density at radius 1 is 1.38 bits per heavy atom. The average Bonchev–Trinajstić information content (AvgIpc) is 2.17. The van der Waals surface area contributed by atoms with Crippen LogP contribution in [-0.4, -0.2) is 19.3 Å². The average molecular weight is 256 g/mol. The van der Waals surface area contributed by atoms with Gasteiger partial charge in [0.2, 0.25) is 0 Å². The molecule has 0 aliphatic rings. The van der Waals surface area contributed by atoms with Gasteiger partial charge in [0.15, 0.2) is 0 Å². The molecule has 1 aromatic carbocycles. The van der Waals surface area contributed by atoms with E-state index < -0.39 is 24.5 Å². The third-order valence-corrected chi connectivity index (χ3v) is 2.41. The largest absolute Gasteiger partial charge is 0.404 e. The summed E-state index contributed by atoms with van der Waals surface area (Å²) in [5.41, 5.74) is -0.0517. The maximum absolute atomic E-state index is 13.2. The van der Waals surface area contributed by atoms with Crippen molar-refractivity contribution in [1.29, 1.82) is 0 Å². The zero-order valence-corrected chi connectivity index (χ0v) is 9.16. The smallest absolute Gasteiger partial charge is 0.309 e. The molecule has 1 aromatic rings. The van der Waals surface area contributed by atoms with Crippen LogP contribution in [-0.2, 0) is 6.42 Å². The third kappa shape index (κ3) is 3.35. The van der Waals surface area contributed by atoms with Crippen LogP contribution in [0.25, 0.3) is 0 Å². The number of rotatable bonds is 3. The second kappa shape index (κ2) is 5.01. The number of nitrogens with one attached hydrogen (secondary N) is 1. The van der Waals surface area contributed by atoms with Crippen molar-refractivity contribution < 1.29 is 17.6 Å². The topological polar surface area (TPSA) is 12.0 Å². The second-order valence-corrected chi connectivity index (χ2v) is 3.76. The first-order valence-corrected chi connectivity index (χ1v) is 4.90. The summed E-state index contributed by atoms with van der Waals surface area (Å²) in [6, 6.07) is 1.77. The van der Waals surface area contributed by atoms with Crippen molar-refractivity contribution in [1.82, 2.24) is 5.32 Å². The van der Waals surface area contributed by atoms with Gasteiger partial charge in [0.25, 0.3) is 0 Å². The Labute approximate surface area is 95.4 Å². The summed E-state index contributed by atoms with van der Waals surface area (Å²) in [4.78, 5) is 0. The Morgan fingerprint density at radius 2 is 2.00 bits per heavy atom. The van der Waals surface area contributed by atoms with Gasteiger partial charge in [0, 0.05) is 5.02 Å². The van der Waals surface area contributed by atoms with Crippen molar-refractivity contribution in [3.63, 3.8) is 0 Å². The zero-order chi connectivity index (χ0) is 12.3. The predicted octanol–water partition coefficient (Wildman–Crippen LogP) is 3.17. The lowest BCUT2D eigenvalue weighted by Gasteiger charge is -2.19. The Hall–Kier alpha value is -0.810. The highest BCUT2D eigenvalue weighted by Gasteiger charge is 2.38. The number of hydrogen-bond acceptors (Lipinski definition) is 1. The van der Waals surface area contributed by atoms with Crippen molar-refractivity contribution in [2.24, 2.45) is 0 Å². The summed E-state index contributed by atoms with van der Waals surface area (Å²) < 4.78 is 50.5. The molecule has 0 heterocycles. The van der Waals surface area contributed by atoms with E-state index in [-0.39, 0.29) is 10.6 Å². The predicted molar refractivity (Wildman–Crippen MR) is 54.0 cm³/mol. The Balaban J connectivity index is 2.90. The van der Waals surface area contributed by atoms with E-state index in [2.05, 4.69) is 5.32 Å². The van der Waals surface area contributed by atoms with E-state index in [0.29, 0.717) is 0 Å². The van der Waals surface area contributed by atoms with E-state index in [9.17, 15) is 17.6 Å². The Bertz CT molecular complexity index is 364. The van der Waals surface area contributed by atoms with Gasteiger partial charge in [0.05, 0.1) is 0 Å². The standard InChI is InChI=1S/C10H10ClF4N/c1-16-9(10(13,14)15)5-6-4-7(11)2-3-8(6)12/h2-4,9,16H,5H2,1H3. The number of benzene rings is 1. The molecular formula is C10H10ClF4N. The molecule has 0 spiro atoms. The number of hydrogen-bond donors (Lipinski definition) is 1. The Morgan fingerprint density at radius 3 is 2.50 bits per heavy atom. The van der Waals surface area contributed by atoms with Crippen LogP contribution < -0.4 is 5.32 Å². The molecule has 0 saturated carbocycles. The first kappa shape index (κ1) is 13.3. The fourth-order valence-electron chi connectivity index (χ4n) is 1.30. The first-order chi connectivity index (χ1) is 7.34. The van der Waals surface area contributed by atoms with E-state index in [1.54, 1.807) is 0 Å². The molecule has 1 rings (SSSR count). The summed E-state index contributed by atoms with van der Waals surface area (Å²) >= 11 is 5.59. The molecule has 1 N–H and O–H groups in total. The van der Waals surface area contributed by atoms with Crippen LogP contribution >= 0.6 is 11.6 Å². The van der Waals surface area contributed by atoms with Gasteiger partial charge >= 0.3 is 6.18 Å². The van der Waals surface area contributed by atoms with Gasteiger partial charge in [-0.2, -0.15) is 13.2 Å². The molecule has 0 bridgehead atoms. The second-order valence-electron chi connectivity index (χ2n) is 3.32. The molecule has 6 heteroatoms. The number of alkyl halides is 3. The lowest BCUT2D eigenvalue weighted by Crippen LogP contribution is -2.41. The van der Waals surface area contributed by atoms with E-state index in [4.69, 9.17) is 11.6 Å².